The van der Waals surface area contributed by atoms with Crippen molar-refractivity contribution in [3.8, 4) is 0 Å². The molecule has 1 saturated heterocycles. The van der Waals surface area contributed by atoms with Gasteiger partial charge in [-0.3, -0.25) is 14.5 Å². The molecular weight excluding hydrogens is 374 g/mol. The van der Waals surface area contributed by atoms with Crippen LogP contribution in [0.1, 0.15) is 17.2 Å². The van der Waals surface area contributed by atoms with E-state index in [0.29, 0.717) is 0 Å². The van der Waals surface area contributed by atoms with Gasteiger partial charge in [0.1, 0.15) is 12.6 Å². The number of para-hydroxylation sites is 2. The number of hydrogen-bond donors (Lipinski definition) is 0. The van der Waals surface area contributed by atoms with Crippen molar-refractivity contribution in [3.05, 3.63) is 90.0 Å². The molecule has 1 atom stereocenters. The van der Waals surface area contributed by atoms with Crippen molar-refractivity contribution in [2.24, 2.45) is 0 Å². The van der Waals surface area contributed by atoms with E-state index >= 15 is 0 Å². The standard InChI is InChI=1S/C25H25N3O2/c1-18-9-7-8-12-22(18)27-17-23(29)28(21-10-5-4-6-11-21)24(25(27)30)19-13-15-20(16-14-19)26(2)3/h4-16,24H,17H2,1-3H3. The van der Waals surface area contributed by atoms with Crippen LogP contribution in [0.4, 0.5) is 17.1 Å². The van der Waals surface area contributed by atoms with Crippen LogP contribution < -0.4 is 14.7 Å². The number of hydrogen-bond acceptors (Lipinski definition) is 3. The molecule has 0 saturated carbocycles. The Balaban J connectivity index is 1.81. The lowest BCUT2D eigenvalue weighted by molar-refractivity contribution is -0.128. The topological polar surface area (TPSA) is 43.9 Å². The Morgan fingerprint density at radius 1 is 0.833 bits per heavy atom. The second kappa shape index (κ2) is 8.03. The van der Waals surface area contributed by atoms with Crippen molar-refractivity contribution >= 4 is 28.9 Å². The summed E-state index contributed by atoms with van der Waals surface area (Å²) in [5.41, 5.74) is 4.30. The van der Waals surface area contributed by atoms with Gasteiger partial charge in [0.25, 0.3) is 5.91 Å². The Labute approximate surface area is 177 Å². The SMILES string of the molecule is Cc1ccccc1N1CC(=O)N(c2ccccc2)C(c2ccc(N(C)C)cc2)C1=O. The zero-order valence-corrected chi connectivity index (χ0v) is 17.4. The van der Waals surface area contributed by atoms with Crippen molar-refractivity contribution in [1.29, 1.82) is 0 Å². The Kier molecular flexibility index (Phi) is 5.27. The summed E-state index contributed by atoms with van der Waals surface area (Å²) in [5, 5.41) is 0. The molecule has 0 aliphatic carbocycles. The molecule has 0 radical (unpaired) electrons. The highest BCUT2D eigenvalue weighted by molar-refractivity contribution is 6.14. The predicted molar refractivity (Wildman–Crippen MR) is 121 cm³/mol. The number of amides is 2. The first-order valence-electron chi connectivity index (χ1n) is 9.99. The maximum atomic E-state index is 13.7. The number of nitrogens with zero attached hydrogens (tertiary/aromatic N) is 3. The average molecular weight is 399 g/mol. The molecule has 30 heavy (non-hydrogen) atoms. The maximum Gasteiger partial charge on any atom is 0.255 e. The average Bonchev–Trinajstić information content (AvgIpc) is 2.76. The molecule has 3 aromatic carbocycles. The van der Waals surface area contributed by atoms with Crippen molar-refractivity contribution in [2.75, 3.05) is 35.3 Å². The van der Waals surface area contributed by atoms with E-state index in [1.165, 1.54) is 0 Å². The van der Waals surface area contributed by atoms with Crippen LogP contribution in [-0.4, -0.2) is 32.5 Å². The summed E-state index contributed by atoms with van der Waals surface area (Å²) in [4.78, 5) is 32.3. The van der Waals surface area contributed by atoms with Crippen LogP contribution in [0.25, 0.3) is 0 Å². The Bertz CT molecular complexity index is 1060. The molecule has 1 fully saturated rings. The molecule has 5 heteroatoms. The third-order valence-electron chi connectivity index (χ3n) is 5.49. The number of benzene rings is 3. The van der Waals surface area contributed by atoms with Crippen LogP contribution in [0.5, 0.6) is 0 Å². The van der Waals surface area contributed by atoms with Crippen molar-refractivity contribution in [1.82, 2.24) is 0 Å². The summed E-state index contributed by atoms with van der Waals surface area (Å²) in [5.74, 6) is -0.212. The fourth-order valence-electron chi connectivity index (χ4n) is 3.89. The van der Waals surface area contributed by atoms with Crippen LogP contribution in [0, 0.1) is 6.92 Å². The van der Waals surface area contributed by atoms with E-state index in [0.717, 1.165) is 28.2 Å². The zero-order valence-electron chi connectivity index (χ0n) is 17.4. The fourth-order valence-corrected chi connectivity index (χ4v) is 3.89. The molecular formula is C25H25N3O2. The lowest BCUT2D eigenvalue weighted by Crippen LogP contribution is -2.56. The first kappa shape index (κ1) is 19.7. The fraction of sp³-hybridized carbons (Fsp3) is 0.200. The van der Waals surface area contributed by atoms with Crippen molar-refractivity contribution in [2.45, 2.75) is 13.0 Å². The minimum absolute atomic E-state index is 0.0187. The number of rotatable bonds is 4. The van der Waals surface area contributed by atoms with Crippen LogP contribution in [0.3, 0.4) is 0 Å². The van der Waals surface area contributed by atoms with Gasteiger partial charge in [0.15, 0.2) is 0 Å². The highest BCUT2D eigenvalue weighted by Gasteiger charge is 2.42. The molecule has 3 aromatic rings. The van der Waals surface area contributed by atoms with Crippen LogP contribution in [0.2, 0.25) is 0 Å². The zero-order chi connectivity index (χ0) is 21.3. The maximum absolute atomic E-state index is 13.7. The minimum Gasteiger partial charge on any atom is -0.378 e. The lowest BCUT2D eigenvalue weighted by atomic mass is 9.98. The minimum atomic E-state index is -0.718. The van der Waals surface area contributed by atoms with Gasteiger partial charge in [-0.25, -0.2) is 0 Å². The lowest BCUT2D eigenvalue weighted by Gasteiger charge is -2.41. The van der Waals surface area contributed by atoms with Gasteiger partial charge in [0, 0.05) is 31.2 Å². The summed E-state index contributed by atoms with van der Waals surface area (Å²) in [6, 6.07) is 24.2. The summed E-state index contributed by atoms with van der Waals surface area (Å²) < 4.78 is 0. The van der Waals surface area contributed by atoms with E-state index in [4.69, 9.17) is 0 Å². The van der Waals surface area contributed by atoms with E-state index < -0.39 is 6.04 Å². The number of carbonyl (C=O) groups is 2. The summed E-state index contributed by atoms with van der Waals surface area (Å²) in [6.07, 6.45) is 0. The largest absolute Gasteiger partial charge is 0.378 e. The van der Waals surface area contributed by atoms with Crippen LogP contribution >= 0.6 is 0 Å². The van der Waals surface area contributed by atoms with E-state index in [1.54, 1.807) is 9.80 Å². The number of aryl methyl sites for hydroxylation is 1. The van der Waals surface area contributed by atoms with Gasteiger partial charge < -0.3 is 9.80 Å². The first-order valence-corrected chi connectivity index (χ1v) is 9.99. The number of anilines is 3. The van der Waals surface area contributed by atoms with Gasteiger partial charge in [0.05, 0.1) is 0 Å². The number of piperazine rings is 1. The normalized spacial score (nSPS) is 16.7. The molecule has 0 aromatic heterocycles. The van der Waals surface area contributed by atoms with E-state index in [1.807, 2.05) is 105 Å². The van der Waals surface area contributed by atoms with Gasteiger partial charge in [0.2, 0.25) is 5.91 Å². The van der Waals surface area contributed by atoms with Gasteiger partial charge in [-0.15, -0.1) is 0 Å². The quantitative estimate of drug-likeness (QED) is 0.661. The molecule has 2 amide bonds. The van der Waals surface area contributed by atoms with Crippen LogP contribution in [-0.2, 0) is 9.59 Å². The second-order valence-corrected chi connectivity index (χ2v) is 7.70. The Morgan fingerprint density at radius 2 is 1.47 bits per heavy atom. The third-order valence-corrected chi connectivity index (χ3v) is 5.49. The third kappa shape index (κ3) is 3.54. The molecule has 0 bridgehead atoms. The molecule has 152 valence electrons. The second-order valence-electron chi connectivity index (χ2n) is 7.70. The summed E-state index contributed by atoms with van der Waals surface area (Å²) in [7, 11) is 3.95. The summed E-state index contributed by atoms with van der Waals surface area (Å²) in [6.45, 7) is 1.97. The highest BCUT2D eigenvalue weighted by Crippen LogP contribution is 2.35. The van der Waals surface area contributed by atoms with Crippen molar-refractivity contribution in [3.63, 3.8) is 0 Å². The van der Waals surface area contributed by atoms with Gasteiger partial charge in [-0.1, -0.05) is 48.5 Å². The van der Waals surface area contributed by atoms with E-state index in [9.17, 15) is 9.59 Å². The highest BCUT2D eigenvalue weighted by atomic mass is 16.2. The molecule has 5 nitrogen and oxygen atoms in total. The molecule has 0 spiro atoms. The number of carbonyl (C=O) groups excluding carboxylic acids is 2. The molecule has 1 aliphatic rings. The molecule has 4 rings (SSSR count). The summed E-state index contributed by atoms with van der Waals surface area (Å²) >= 11 is 0. The monoisotopic (exact) mass is 399 g/mol. The van der Waals surface area contributed by atoms with Gasteiger partial charge >= 0.3 is 0 Å². The van der Waals surface area contributed by atoms with E-state index in [-0.39, 0.29) is 18.4 Å². The molecule has 0 N–H and O–H groups in total. The Morgan fingerprint density at radius 3 is 2.10 bits per heavy atom. The molecule has 1 unspecified atom stereocenters. The molecule has 1 aliphatic heterocycles. The van der Waals surface area contributed by atoms with E-state index in [2.05, 4.69) is 0 Å². The Hall–Kier alpha value is -3.60. The smallest absolute Gasteiger partial charge is 0.255 e. The predicted octanol–water partition coefficient (Wildman–Crippen LogP) is 4.18. The molecule has 1 heterocycles. The van der Waals surface area contributed by atoms with Crippen molar-refractivity contribution < 1.29 is 9.59 Å². The van der Waals surface area contributed by atoms with Gasteiger partial charge in [-0.05, 0) is 48.4 Å². The van der Waals surface area contributed by atoms with Crippen LogP contribution in [0.15, 0.2) is 78.9 Å². The van der Waals surface area contributed by atoms with Gasteiger partial charge in [-0.2, -0.15) is 0 Å². The first-order chi connectivity index (χ1) is 14.5.